The minimum Gasteiger partial charge on any atom is -0.465 e. The topological polar surface area (TPSA) is 88.1 Å². The monoisotopic (exact) mass is 370 g/mol. The summed E-state index contributed by atoms with van der Waals surface area (Å²) in [5.41, 5.74) is 0. The second-order valence-corrected chi connectivity index (χ2v) is 7.52. The van der Waals surface area contributed by atoms with Crippen LogP contribution in [0.15, 0.2) is 0 Å². The molecule has 0 spiro atoms. The lowest BCUT2D eigenvalue weighted by molar-refractivity contribution is -0.250. The van der Waals surface area contributed by atoms with Crippen molar-refractivity contribution in [3.8, 4) is 0 Å². The predicted molar refractivity (Wildman–Crippen MR) is 97.5 cm³/mol. The number of amides is 1. The normalized spacial score (nSPS) is 27.7. The van der Waals surface area contributed by atoms with E-state index in [1.54, 1.807) is 13.8 Å². The number of ether oxygens (including phenoxy) is 1. The lowest BCUT2D eigenvalue weighted by atomic mass is 9.84. The molecule has 150 valence electrons. The number of esters is 1. The summed E-state index contributed by atoms with van der Waals surface area (Å²) in [5.74, 6) is 0.157. The SMILES string of the molecule is CCC[C@@H](N[C@@H](C)C(=O)N1C2CCCCC2C[C@H]1COO)C(=O)OCC. The van der Waals surface area contributed by atoms with Gasteiger partial charge in [-0.15, -0.1) is 0 Å². The molecular weight excluding hydrogens is 336 g/mol. The molecule has 26 heavy (non-hydrogen) atoms. The molecule has 0 aromatic rings. The van der Waals surface area contributed by atoms with Gasteiger partial charge in [-0.3, -0.25) is 20.2 Å². The van der Waals surface area contributed by atoms with Crippen LogP contribution in [0.25, 0.3) is 0 Å². The van der Waals surface area contributed by atoms with Crippen molar-refractivity contribution in [3.05, 3.63) is 0 Å². The van der Waals surface area contributed by atoms with Gasteiger partial charge in [-0.1, -0.05) is 26.2 Å². The molecule has 1 saturated heterocycles. The van der Waals surface area contributed by atoms with Crippen molar-refractivity contribution in [2.75, 3.05) is 13.2 Å². The van der Waals surface area contributed by atoms with Gasteiger partial charge in [-0.25, -0.2) is 4.89 Å². The molecule has 7 heteroatoms. The first-order chi connectivity index (χ1) is 12.5. The quantitative estimate of drug-likeness (QED) is 0.368. The van der Waals surface area contributed by atoms with Crippen LogP contribution in [0.2, 0.25) is 0 Å². The molecule has 0 bridgehead atoms. The summed E-state index contributed by atoms with van der Waals surface area (Å²) in [5, 5.41) is 12.1. The van der Waals surface area contributed by atoms with Crippen molar-refractivity contribution in [3.63, 3.8) is 0 Å². The van der Waals surface area contributed by atoms with Gasteiger partial charge in [0.2, 0.25) is 5.91 Å². The van der Waals surface area contributed by atoms with E-state index in [0.717, 1.165) is 32.1 Å². The average Bonchev–Trinajstić information content (AvgIpc) is 2.99. The number of hydrogen-bond acceptors (Lipinski definition) is 6. The summed E-state index contributed by atoms with van der Waals surface area (Å²) >= 11 is 0. The highest BCUT2D eigenvalue weighted by Crippen LogP contribution is 2.40. The average molecular weight is 370 g/mol. The maximum Gasteiger partial charge on any atom is 0.323 e. The van der Waals surface area contributed by atoms with Crippen LogP contribution in [0.4, 0.5) is 0 Å². The van der Waals surface area contributed by atoms with E-state index in [1.165, 1.54) is 6.42 Å². The Morgan fingerprint density at radius 2 is 2.00 bits per heavy atom. The van der Waals surface area contributed by atoms with Crippen LogP contribution in [0.3, 0.4) is 0 Å². The molecule has 1 aliphatic carbocycles. The van der Waals surface area contributed by atoms with Crippen LogP contribution in [0, 0.1) is 5.92 Å². The van der Waals surface area contributed by atoms with Crippen molar-refractivity contribution < 1.29 is 24.5 Å². The maximum atomic E-state index is 13.2. The van der Waals surface area contributed by atoms with E-state index in [2.05, 4.69) is 10.2 Å². The third kappa shape index (κ3) is 4.96. The molecule has 2 fully saturated rings. The van der Waals surface area contributed by atoms with Gasteiger partial charge < -0.3 is 9.64 Å². The zero-order valence-electron chi connectivity index (χ0n) is 16.3. The molecule has 1 saturated carbocycles. The fraction of sp³-hybridized carbons (Fsp3) is 0.895. The van der Waals surface area contributed by atoms with Crippen molar-refractivity contribution in [1.82, 2.24) is 10.2 Å². The summed E-state index contributed by atoms with van der Waals surface area (Å²) in [6.07, 6.45) is 6.78. The zero-order valence-corrected chi connectivity index (χ0v) is 16.3. The van der Waals surface area contributed by atoms with E-state index in [4.69, 9.17) is 9.99 Å². The first-order valence-corrected chi connectivity index (χ1v) is 10.0. The van der Waals surface area contributed by atoms with Crippen molar-refractivity contribution in [2.24, 2.45) is 5.92 Å². The molecule has 2 aliphatic rings. The Bertz CT molecular complexity index is 473. The lowest BCUT2D eigenvalue weighted by Crippen LogP contribution is -2.55. The summed E-state index contributed by atoms with van der Waals surface area (Å²) < 4.78 is 5.13. The predicted octanol–water partition coefficient (Wildman–Crippen LogP) is 2.35. The standard InChI is InChI=1S/C19H34N2O5/c1-4-8-16(19(23)25-5-2)20-13(3)18(22)21-15(12-26-24)11-14-9-6-7-10-17(14)21/h13-17,20,24H,4-12H2,1-3H3/t13-,14?,15-,16+,17?/m0/s1. The van der Waals surface area contributed by atoms with Crippen LogP contribution >= 0.6 is 0 Å². The molecule has 1 heterocycles. The van der Waals surface area contributed by atoms with Gasteiger partial charge in [0.15, 0.2) is 0 Å². The minimum atomic E-state index is -0.488. The number of nitrogens with one attached hydrogen (secondary N) is 1. The largest absolute Gasteiger partial charge is 0.465 e. The van der Waals surface area contributed by atoms with Crippen molar-refractivity contribution in [1.29, 1.82) is 0 Å². The Hall–Kier alpha value is -1.18. The lowest BCUT2D eigenvalue weighted by Gasteiger charge is -2.36. The Kier molecular flexibility index (Phi) is 8.31. The van der Waals surface area contributed by atoms with Gasteiger partial charge in [0.25, 0.3) is 0 Å². The van der Waals surface area contributed by atoms with Crippen molar-refractivity contribution in [2.45, 2.75) is 89.9 Å². The highest BCUT2D eigenvalue weighted by Gasteiger charge is 2.45. The smallest absolute Gasteiger partial charge is 0.323 e. The molecule has 2 N–H and O–H groups in total. The van der Waals surface area contributed by atoms with Gasteiger partial charge in [0.1, 0.15) is 12.6 Å². The molecule has 1 amide bonds. The van der Waals surface area contributed by atoms with Crippen LogP contribution in [0.5, 0.6) is 0 Å². The molecular formula is C19H34N2O5. The minimum absolute atomic E-state index is 0.0214. The van der Waals surface area contributed by atoms with Crippen LogP contribution in [-0.4, -0.2) is 59.4 Å². The maximum absolute atomic E-state index is 13.2. The highest BCUT2D eigenvalue weighted by molar-refractivity contribution is 5.84. The zero-order chi connectivity index (χ0) is 19.1. The Labute approximate surface area is 156 Å². The molecule has 2 rings (SSSR count). The summed E-state index contributed by atoms with van der Waals surface area (Å²) in [4.78, 5) is 31.6. The van der Waals surface area contributed by atoms with Crippen LogP contribution in [0.1, 0.15) is 65.7 Å². The third-order valence-corrected chi connectivity index (χ3v) is 5.69. The van der Waals surface area contributed by atoms with Gasteiger partial charge in [-0.2, -0.15) is 0 Å². The summed E-state index contributed by atoms with van der Waals surface area (Å²) in [6, 6.07) is -0.848. The molecule has 7 nitrogen and oxygen atoms in total. The molecule has 0 aromatic carbocycles. The Balaban J connectivity index is 2.06. The number of hydrogen-bond donors (Lipinski definition) is 2. The van der Waals surface area contributed by atoms with E-state index in [9.17, 15) is 9.59 Å². The van der Waals surface area contributed by atoms with Crippen LogP contribution in [-0.2, 0) is 19.2 Å². The van der Waals surface area contributed by atoms with E-state index in [0.29, 0.717) is 18.9 Å². The first kappa shape index (κ1) is 21.1. The van der Waals surface area contributed by atoms with Gasteiger partial charge in [0.05, 0.1) is 18.7 Å². The number of carbonyl (C=O) groups is 2. The number of rotatable bonds is 9. The summed E-state index contributed by atoms with van der Waals surface area (Å²) in [6.45, 7) is 6.05. The molecule has 0 aromatic heterocycles. The molecule has 1 aliphatic heterocycles. The van der Waals surface area contributed by atoms with E-state index in [-0.39, 0.29) is 30.6 Å². The van der Waals surface area contributed by atoms with E-state index < -0.39 is 12.1 Å². The number of carbonyl (C=O) groups excluding carboxylic acids is 2. The number of likely N-dealkylation sites (tertiary alicyclic amines) is 1. The van der Waals surface area contributed by atoms with Crippen molar-refractivity contribution >= 4 is 11.9 Å². The molecule has 2 unspecified atom stereocenters. The first-order valence-electron chi connectivity index (χ1n) is 10.0. The fourth-order valence-electron chi connectivity index (χ4n) is 4.54. The molecule has 0 radical (unpaired) electrons. The second kappa shape index (κ2) is 10.2. The number of nitrogens with zero attached hydrogens (tertiary/aromatic N) is 1. The third-order valence-electron chi connectivity index (χ3n) is 5.69. The van der Waals surface area contributed by atoms with Gasteiger partial charge in [0, 0.05) is 6.04 Å². The number of fused-ring (bicyclic) bond motifs is 1. The van der Waals surface area contributed by atoms with Gasteiger partial charge >= 0.3 is 5.97 Å². The Morgan fingerprint density at radius 3 is 2.65 bits per heavy atom. The van der Waals surface area contributed by atoms with E-state index >= 15 is 0 Å². The summed E-state index contributed by atoms with van der Waals surface area (Å²) in [7, 11) is 0. The highest BCUT2D eigenvalue weighted by atomic mass is 17.1. The van der Waals surface area contributed by atoms with Gasteiger partial charge in [-0.05, 0) is 45.4 Å². The molecule has 5 atom stereocenters. The fourth-order valence-corrected chi connectivity index (χ4v) is 4.54. The second-order valence-electron chi connectivity index (χ2n) is 7.52. The van der Waals surface area contributed by atoms with Crippen LogP contribution < -0.4 is 5.32 Å². The Morgan fingerprint density at radius 1 is 1.27 bits per heavy atom. The van der Waals surface area contributed by atoms with E-state index in [1.807, 2.05) is 11.8 Å².